The first kappa shape index (κ1) is 16.9. The number of pyridine rings is 1. The van der Waals surface area contributed by atoms with Crippen molar-refractivity contribution in [2.24, 2.45) is 0 Å². The van der Waals surface area contributed by atoms with Crippen LogP contribution in [0.25, 0.3) is 0 Å². The number of hydrogen-bond donors (Lipinski definition) is 2. The molecule has 0 radical (unpaired) electrons. The summed E-state index contributed by atoms with van der Waals surface area (Å²) in [5.41, 5.74) is 2.88. The van der Waals surface area contributed by atoms with E-state index in [9.17, 15) is 4.79 Å². The van der Waals surface area contributed by atoms with Gasteiger partial charge in [-0.25, -0.2) is 9.97 Å². The Morgan fingerprint density at radius 2 is 1.96 bits per heavy atom. The lowest BCUT2D eigenvalue weighted by molar-refractivity contribution is 0.102. The van der Waals surface area contributed by atoms with Crippen molar-refractivity contribution in [3.63, 3.8) is 0 Å². The Labute approximate surface area is 150 Å². The maximum Gasteiger partial charge on any atom is 0.276 e. The molecule has 0 aliphatic rings. The summed E-state index contributed by atoms with van der Waals surface area (Å²) in [5, 5.41) is 6.02. The number of nitrogens with zero attached hydrogens (tertiary/aromatic N) is 3. The van der Waals surface area contributed by atoms with E-state index in [0.29, 0.717) is 18.2 Å². The quantitative estimate of drug-likeness (QED) is 0.731. The van der Waals surface area contributed by atoms with Gasteiger partial charge in [0.1, 0.15) is 0 Å². The minimum atomic E-state index is -0.388. The molecule has 1 amide bonds. The summed E-state index contributed by atoms with van der Waals surface area (Å²) in [5.74, 6) is -0.0667. The number of carbonyl (C=O) groups excluding carboxylic acids is 1. The van der Waals surface area contributed by atoms with E-state index in [1.807, 2.05) is 43.3 Å². The van der Waals surface area contributed by atoms with Crippen molar-refractivity contribution in [3.05, 3.63) is 76.8 Å². The number of amides is 1. The standard InChI is InChI=1S/C18H16ClN5O/c1-12-4-6-14(7-5-12)23-17(25)16-15(19)11-22-18(24-16)21-10-13-3-2-8-20-9-13/h2-9,11H,10H2,1H3,(H,23,25)(H,21,22,24). The topological polar surface area (TPSA) is 79.8 Å². The summed E-state index contributed by atoms with van der Waals surface area (Å²) in [7, 11) is 0. The molecule has 2 heterocycles. The van der Waals surface area contributed by atoms with Gasteiger partial charge in [-0.05, 0) is 30.7 Å². The number of nitrogens with one attached hydrogen (secondary N) is 2. The number of anilines is 2. The van der Waals surface area contributed by atoms with Gasteiger partial charge >= 0.3 is 0 Å². The van der Waals surface area contributed by atoms with Crippen LogP contribution in [-0.2, 0) is 6.54 Å². The maximum atomic E-state index is 12.4. The third-order valence-electron chi connectivity index (χ3n) is 3.44. The highest BCUT2D eigenvalue weighted by molar-refractivity contribution is 6.34. The molecular formula is C18H16ClN5O. The van der Waals surface area contributed by atoms with Gasteiger partial charge in [-0.3, -0.25) is 9.78 Å². The number of aryl methyl sites for hydroxylation is 1. The third-order valence-corrected chi connectivity index (χ3v) is 3.72. The summed E-state index contributed by atoms with van der Waals surface area (Å²) in [6.45, 7) is 2.47. The van der Waals surface area contributed by atoms with Crippen LogP contribution in [0.1, 0.15) is 21.6 Å². The number of rotatable bonds is 5. The van der Waals surface area contributed by atoms with E-state index in [1.54, 1.807) is 12.4 Å². The summed E-state index contributed by atoms with van der Waals surface area (Å²) in [6.07, 6.45) is 4.86. The van der Waals surface area contributed by atoms with Gasteiger partial charge in [-0.15, -0.1) is 0 Å². The predicted octanol–water partition coefficient (Wildman–Crippen LogP) is 3.70. The van der Waals surface area contributed by atoms with Gasteiger partial charge in [-0.1, -0.05) is 35.4 Å². The summed E-state index contributed by atoms with van der Waals surface area (Å²) in [4.78, 5) is 24.8. The van der Waals surface area contributed by atoms with Crippen LogP contribution in [0.2, 0.25) is 5.02 Å². The Bertz CT molecular complexity index is 868. The van der Waals surface area contributed by atoms with Crippen molar-refractivity contribution in [3.8, 4) is 0 Å². The number of aromatic nitrogens is 3. The summed E-state index contributed by atoms with van der Waals surface area (Å²) >= 11 is 6.08. The van der Waals surface area contributed by atoms with Gasteiger partial charge < -0.3 is 10.6 Å². The highest BCUT2D eigenvalue weighted by Gasteiger charge is 2.14. The van der Waals surface area contributed by atoms with Crippen LogP contribution in [0.5, 0.6) is 0 Å². The smallest absolute Gasteiger partial charge is 0.276 e. The molecule has 0 saturated heterocycles. The first-order chi connectivity index (χ1) is 12.1. The van der Waals surface area contributed by atoms with E-state index < -0.39 is 0 Å². The fourth-order valence-electron chi connectivity index (χ4n) is 2.12. The number of carbonyl (C=O) groups is 1. The Balaban J connectivity index is 1.72. The minimum Gasteiger partial charge on any atom is -0.350 e. The molecule has 0 saturated carbocycles. The van der Waals surface area contributed by atoms with Crippen molar-refractivity contribution >= 4 is 29.1 Å². The van der Waals surface area contributed by atoms with E-state index in [0.717, 1.165) is 11.1 Å². The molecule has 2 aromatic heterocycles. The maximum absolute atomic E-state index is 12.4. The van der Waals surface area contributed by atoms with Crippen molar-refractivity contribution < 1.29 is 4.79 Å². The van der Waals surface area contributed by atoms with Crippen molar-refractivity contribution in [1.29, 1.82) is 0 Å². The molecule has 0 aliphatic heterocycles. The molecule has 1 aromatic carbocycles. The molecule has 0 unspecified atom stereocenters. The lowest BCUT2D eigenvalue weighted by Crippen LogP contribution is -2.16. The van der Waals surface area contributed by atoms with Gasteiger partial charge in [-0.2, -0.15) is 0 Å². The Hall–Kier alpha value is -2.99. The number of benzene rings is 1. The zero-order chi connectivity index (χ0) is 17.6. The van der Waals surface area contributed by atoms with Crippen molar-refractivity contribution in [2.45, 2.75) is 13.5 Å². The van der Waals surface area contributed by atoms with Gasteiger partial charge in [0.25, 0.3) is 5.91 Å². The molecule has 126 valence electrons. The zero-order valence-corrected chi connectivity index (χ0v) is 14.3. The van der Waals surface area contributed by atoms with Crippen molar-refractivity contribution in [2.75, 3.05) is 10.6 Å². The normalized spacial score (nSPS) is 10.3. The highest BCUT2D eigenvalue weighted by Crippen LogP contribution is 2.17. The Morgan fingerprint density at radius 1 is 1.16 bits per heavy atom. The second-order valence-corrected chi connectivity index (χ2v) is 5.83. The lowest BCUT2D eigenvalue weighted by Gasteiger charge is -2.09. The van der Waals surface area contributed by atoms with Crippen LogP contribution >= 0.6 is 11.6 Å². The second-order valence-electron chi connectivity index (χ2n) is 5.43. The van der Waals surface area contributed by atoms with Crippen LogP contribution in [0.4, 0.5) is 11.6 Å². The highest BCUT2D eigenvalue weighted by atomic mass is 35.5. The Morgan fingerprint density at radius 3 is 2.68 bits per heavy atom. The average molecular weight is 354 g/mol. The number of halogens is 1. The fraction of sp³-hybridized carbons (Fsp3) is 0.111. The van der Waals surface area contributed by atoms with Crippen molar-refractivity contribution in [1.82, 2.24) is 15.0 Å². The van der Waals surface area contributed by atoms with Crippen LogP contribution in [0, 0.1) is 6.92 Å². The van der Waals surface area contributed by atoms with Gasteiger partial charge in [0.2, 0.25) is 5.95 Å². The monoisotopic (exact) mass is 353 g/mol. The molecule has 0 fully saturated rings. The first-order valence-electron chi connectivity index (χ1n) is 7.65. The number of hydrogen-bond acceptors (Lipinski definition) is 5. The fourth-order valence-corrected chi connectivity index (χ4v) is 2.30. The van der Waals surface area contributed by atoms with Gasteiger partial charge in [0.05, 0.1) is 11.2 Å². The molecule has 0 bridgehead atoms. The molecule has 0 atom stereocenters. The van der Waals surface area contributed by atoms with Crippen LogP contribution in [0.15, 0.2) is 55.0 Å². The molecule has 0 aliphatic carbocycles. The van der Waals surface area contributed by atoms with Crippen LogP contribution < -0.4 is 10.6 Å². The van der Waals surface area contributed by atoms with E-state index in [4.69, 9.17) is 11.6 Å². The molecule has 0 spiro atoms. The molecule has 6 nitrogen and oxygen atoms in total. The van der Waals surface area contributed by atoms with E-state index in [-0.39, 0.29) is 16.6 Å². The molecule has 2 N–H and O–H groups in total. The van der Waals surface area contributed by atoms with Crippen LogP contribution in [-0.4, -0.2) is 20.9 Å². The van der Waals surface area contributed by atoms with Crippen LogP contribution in [0.3, 0.4) is 0 Å². The largest absolute Gasteiger partial charge is 0.350 e. The molecule has 3 rings (SSSR count). The Kier molecular flexibility index (Phi) is 5.20. The molecule has 25 heavy (non-hydrogen) atoms. The third kappa shape index (κ3) is 4.51. The minimum absolute atomic E-state index is 0.117. The first-order valence-corrected chi connectivity index (χ1v) is 8.03. The SMILES string of the molecule is Cc1ccc(NC(=O)c2nc(NCc3cccnc3)ncc2Cl)cc1. The van der Waals surface area contributed by atoms with Gasteiger partial charge in [0.15, 0.2) is 5.69 Å². The van der Waals surface area contributed by atoms with E-state index >= 15 is 0 Å². The predicted molar refractivity (Wildman–Crippen MR) is 97.7 cm³/mol. The second kappa shape index (κ2) is 7.72. The zero-order valence-electron chi connectivity index (χ0n) is 13.5. The van der Waals surface area contributed by atoms with E-state index in [1.165, 1.54) is 6.20 Å². The molecule has 3 aromatic rings. The lowest BCUT2D eigenvalue weighted by atomic mass is 10.2. The van der Waals surface area contributed by atoms with Gasteiger partial charge in [0, 0.05) is 24.6 Å². The molecular weight excluding hydrogens is 338 g/mol. The summed E-state index contributed by atoms with van der Waals surface area (Å²) < 4.78 is 0. The average Bonchev–Trinajstić information content (AvgIpc) is 2.64. The van der Waals surface area contributed by atoms with E-state index in [2.05, 4.69) is 25.6 Å². The summed E-state index contributed by atoms with van der Waals surface area (Å²) in [6, 6.07) is 11.3. The molecule has 7 heteroatoms.